The molecule has 280 valence electrons. The average Bonchev–Trinajstić information content (AvgIpc) is 3.66. The van der Waals surface area contributed by atoms with Gasteiger partial charge in [0.1, 0.15) is 0 Å². The van der Waals surface area contributed by atoms with Crippen LogP contribution in [0.15, 0.2) is 231 Å². The number of rotatable bonds is 6. The number of hydrogen-bond acceptors (Lipinski definition) is 1. The van der Waals surface area contributed by atoms with Crippen molar-refractivity contribution in [1.29, 1.82) is 0 Å². The molecular weight excluding hydrogens is 725 g/mol. The smallest absolute Gasteiger partial charge is 0.0546 e. The molecule has 0 aliphatic heterocycles. The minimum atomic E-state index is 1.09. The van der Waals surface area contributed by atoms with Crippen molar-refractivity contribution in [2.24, 2.45) is 0 Å². The van der Waals surface area contributed by atoms with Crippen LogP contribution in [-0.2, 0) is 0 Å². The topological polar surface area (TPSA) is 8.17 Å². The minimum Gasteiger partial charge on any atom is -0.310 e. The summed E-state index contributed by atoms with van der Waals surface area (Å²) in [4.78, 5) is 2.46. The first-order valence-electron chi connectivity index (χ1n) is 20.7. The summed E-state index contributed by atoms with van der Waals surface area (Å²) in [5.41, 5.74) is 11.7. The van der Waals surface area contributed by atoms with Crippen LogP contribution < -0.4 is 4.90 Å². The molecule has 12 aromatic rings. The summed E-state index contributed by atoms with van der Waals surface area (Å²) in [5, 5.41) is 12.4. The van der Waals surface area contributed by atoms with E-state index in [1.54, 1.807) is 0 Å². The maximum absolute atomic E-state index is 2.46. The van der Waals surface area contributed by atoms with Gasteiger partial charge in [0.2, 0.25) is 0 Å². The standard InChI is InChI=1S/C58H38N2/c1-2-17-39(18-3-1)57-52-29-10-7-24-47(52)48-25-8-11-30-53(48)58(57)41-20-16-21-44(37-41)59(56-38-40-19-4-5-22-45(40)46-23-6-9-26-49(46)56)42-33-35-43(36-34-42)60-54-31-14-12-27-50(54)51-28-13-15-32-55(51)60/h1-38H. The van der Waals surface area contributed by atoms with Crippen LogP contribution in [0.2, 0.25) is 0 Å². The van der Waals surface area contributed by atoms with Gasteiger partial charge in [-0.3, -0.25) is 0 Å². The van der Waals surface area contributed by atoms with Crippen LogP contribution in [0.1, 0.15) is 0 Å². The average molecular weight is 763 g/mol. The fraction of sp³-hybridized carbons (Fsp3) is 0. The van der Waals surface area contributed by atoms with Gasteiger partial charge in [0.15, 0.2) is 0 Å². The molecule has 2 heteroatoms. The molecule has 0 bridgehead atoms. The highest BCUT2D eigenvalue weighted by atomic mass is 15.1. The molecule has 0 N–H and O–H groups in total. The Bertz CT molecular complexity index is 3540. The first kappa shape index (κ1) is 34.1. The van der Waals surface area contributed by atoms with Gasteiger partial charge < -0.3 is 9.47 Å². The maximum Gasteiger partial charge on any atom is 0.0546 e. The number of nitrogens with zero attached hydrogens (tertiary/aromatic N) is 2. The first-order chi connectivity index (χ1) is 29.8. The van der Waals surface area contributed by atoms with E-state index in [-0.39, 0.29) is 0 Å². The van der Waals surface area contributed by atoms with Crippen molar-refractivity contribution < 1.29 is 0 Å². The largest absolute Gasteiger partial charge is 0.310 e. The number of aromatic nitrogens is 1. The van der Waals surface area contributed by atoms with Gasteiger partial charge in [0.25, 0.3) is 0 Å². The zero-order valence-corrected chi connectivity index (χ0v) is 32.8. The number of fused-ring (bicyclic) bond motifs is 9. The van der Waals surface area contributed by atoms with E-state index < -0.39 is 0 Å². The second-order valence-corrected chi connectivity index (χ2v) is 15.6. The quantitative estimate of drug-likeness (QED) is 0.153. The SMILES string of the molecule is c1ccc(-c2c(-c3cccc(N(c4ccc(-n5c6ccccc6c6ccccc65)cc4)c4cc5ccccc5c5ccccc45)c3)c3ccccc3c3ccccc23)cc1. The summed E-state index contributed by atoms with van der Waals surface area (Å²) in [7, 11) is 0. The van der Waals surface area contributed by atoms with Crippen molar-refractivity contribution in [3.63, 3.8) is 0 Å². The third-order valence-corrected chi connectivity index (χ3v) is 12.3. The molecule has 0 saturated carbocycles. The molecule has 0 fully saturated rings. The van der Waals surface area contributed by atoms with Gasteiger partial charge >= 0.3 is 0 Å². The lowest BCUT2D eigenvalue weighted by atomic mass is 9.85. The molecule has 12 rings (SSSR count). The Hall–Kier alpha value is -7.94. The summed E-state index contributed by atoms with van der Waals surface area (Å²) in [6, 6.07) is 84.3. The zero-order chi connectivity index (χ0) is 39.6. The highest BCUT2D eigenvalue weighted by Crippen LogP contribution is 2.47. The zero-order valence-electron chi connectivity index (χ0n) is 32.8. The van der Waals surface area contributed by atoms with Crippen molar-refractivity contribution in [1.82, 2.24) is 4.57 Å². The van der Waals surface area contributed by atoms with Gasteiger partial charge in [-0.1, -0.05) is 176 Å². The first-order valence-corrected chi connectivity index (χ1v) is 20.7. The van der Waals surface area contributed by atoms with E-state index in [1.165, 1.54) is 87.1 Å². The van der Waals surface area contributed by atoms with Gasteiger partial charge in [-0.15, -0.1) is 0 Å². The number of para-hydroxylation sites is 2. The third kappa shape index (κ3) is 5.35. The molecule has 0 aliphatic rings. The Kier molecular flexibility index (Phi) is 7.89. The lowest BCUT2D eigenvalue weighted by molar-refractivity contribution is 1.17. The summed E-state index contributed by atoms with van der Waals surface area (Å²) in [6.45, 7) is 0. The second-order valence-electron chi connectivity index (χ2n) is 15.6. The molecule has 0 atom stereocenters. The molecule has 0 spiro atoms. The molecule has 60 heavy (non-hydrogen) atoms. The van der Waals surface area contributed by atoms with Crippen molar-refractivity contribution in [2.75, 3.05) is 4.90 Å². The number of benzene rings is 11. The van der Waals surface area contributed by atoms with Gasteiger partial charge in [0.05, 0.1) is 16.7 Å². The normalized spacial score (nSPS) is 11.7. The third-order valence-electron chi connectivity index (χ3n) is 12.3. The van der Waals surface area contributed by atoms with Crippen LogP contribution >= 0.6 is 0 Å². The van der Waals surface area contributed by atoms with E-state index in [4.69, 9.17) is 0 Å². The van der Waals surface area contributed by atoms with Crippen LogP contribution in [0.4, 0.5) is 17.1 Å². The Balaban J connectivity index is 1.12. The summed E-state index contributed by atoms with van der Waals surface area (Å²) < 4.78 is 2.39. The molecule has 0 amide bonds. The highest BCUT2D eigenvalue weighted by Gasteiger charge is 2.22. The van der Waals surface area contributed by atoms with E-state index in [1.807, 2.05) is 0 Å². The molecule has 0 saturated heterocycles. The summed E-state index contributed by atoms with van der Waals surface area (Å²) in [5.74, 6) is 0. The van der Waals surface area contributed by atoms with Crippen LogP contribution in [-0.4, -0.2) is 4.57 Å². The molecule has 0 unspecified atom stereocenters. The fourth-order valence-corrected chi connectivity index (χ4v) is 9.74. The van der Waals surface area contributed by atoms with Gasteiger partial charge in [-0.2, -0.15) is 0 Å². The van der Waals surface area contributed by atoms with Crippen molar-refractivity contribution in [3.8, 4) is 27.9 Å². The van der Waals surface area contributed by atoms with Crippen LogP contribution in [0.5, 0.6) is 0 Å². The van der Waals surface area contributed by atoms with Crippen molar-refractivity contribution in [2.45, 2.75) is 0 Å². The van der Waals surface area contributed by atoms with Crippen LogP contribution in [0, 0.1) is 0 Å². The molecular formula is C58H38N2. The molecule has 1 heterocycles. The Morgan fingerprint density at radius 3 is 1.38 bits per heavy atom. The Labute approximate surface area is 348 Å². The van der Waals surface area contributed by atoms with Gasteiger partial charge in [-0.05, 0) is 115 Å². The summed E-state index contributed by atoms with van der Waals surface area (Å²) in [6.07, 6.45) is 0. The predicted molar refractivity (Wildman–Crippen MR) is 256 cm³/mol. The van der Waals surface area contributed by atoms with Gasteiger partial charge in [0, 0.05) is 33.2 Å². The molecule has 2 nitrogen and oxygen atoms in total. The van der Waals surface area contributed by atoms with E-state index in [0.717, 1.165) is 22.7 Å². The minimum absolute atomic E-state index is 1.09. The van der Waals surface area contributed by atoms with Crippen molar-refractivity contribution >= 4 is 82.0 Å². The van der Waals surface area contributed by atoms with E-state index >= 15 is 0 Å². The number of hydrogen-bond donors (Lipinski definition) is 0. The number of anilines is 3. The molecule has 0 aliphatic carbocycles. The summed E-state index contributed by atoms with van der Waals surface area (Å²) >= 11 is 0. The van der Waals surface area contributed by atoms with Gasteiger partial charge in [-0.25, -0.2) is 0 Å². The Morgan fingerprint density at radius 2 is 0.750 bits per heavy atom. The lowest BCUT2D eigenvalue weighted by Crippen LogP contribution is -2.11. The lowest BCUT2D eigenvalue weighted by Gasteiger charge is -2.28. The van der Waals surface area contributed by atoms with E-state index in [2.05, 4.69) is 240 Å². The predicted octanol–water partition coefficient (Wildman–Crippen LogP) is 16.2. The molecule has 11 aromatic carbocycles. The molecule has 1 aromatic heterocycles. The van der Waals surface area contributed by atoms with E-state index in [0.29, 0.717) is 0 Å². The fourth-order valence-electron chi connectivity index (χ4n) is 9.74. The Morgan fingerprint density at radius 1 is 0.283 bits per heavy atom. The maximum atomic E-state index is 2.46. The van der Waals surface area contributed by atoms with Crippen molar-refractivity contribution in [3.05, 3.63) is 231 Å². The molecule has 0 radical (unpaired) electrons. The van der Waals surface area contributed by atoms with Crippen LogP contribution in [0.3, 0.4) is 0 Å². The highest BCUT2D eigenvalue weighted by molar-refractivity contribution is 6.22. The van der Waals surface area contributed by atoms with Crippen LogP contribution in [0.25, 0.3) is 92.8 Å². The second kappa shape index (κ2) is 13.9. The monoisotopic (exact) mass is 762 g/mol. The van der Waals surface area contributed by atoms with E-state index in [9.17, 15) is 0 Å².